The summed E-state index contributed by atoms with van der Waals surface area (Å²) in [5, 5.41) is 12.1. The molecule has 1 aliphatic rings. The Morgan fingerprint density at radius 2 is 2.46 bits per heavy atom. The lowest BCUT2D eigenvalue weighted by atomic mass is 10.1. The first-order valence-electron chi connectivity index (χ1n) is 4.93. The summed E-state index contributed by atoms with van der Waals surface area (Å²) >= 11 is 0. The first kappa shape index (κ1) is 10.5. The lowest BCUT2D eigenvalue weighted by molar-refractivity contribution is -0.143. The van der Waals surface area contributed by atoms with Gasteiger partial charge in [0, 0.05) is 19.8 Å². The predicted molar refractivity (Wildman–Crippen MR) is 50.5 cm³/mol. The van der Waals surface area contributed by atoms with Crippen molar-refractivity contribution in [2.45, 2.75) is 32.2 Å². The first-order chi connectivity index (χ1) is 6.25. The van der Waals surface area contributed by atoms with E-state index >= 15 is 0 Å². The molecule has 0 amide bonds. The van der Waals surface area contributed by atoms with E-state index in [2.05, 4.69) is 12.2 Å². The van der Waals surface area contributed by atoms with Crippen molar-refractivity contribution in [3.05, 3.63) is 0 Å². The molecule has 0 saturated carbocycles. The van der Waals surface area contributed by atoms with Crippen molar-refractivity contribution in [1.29, 1.82) is 0 Å². The second kappa shape index (κ2) is 5.19. The third kappa shape index (κ3) is 2.97. The Labute approximate surface area is 78.9 Å². The molecule has 0 aliphatic carbocycles. The number of rotatable bonds is 5. The smallest absolute Gasteiger partial charge is 0.320 e. The van der Waals surface area contributed by atoms with Gasteiger partial charge in [0.2, 0.25) is 0 Å². The topological polar surface area (TPSA) is 52.6 Å². The number of carboxylic acid groups (broad SMARTS) is 1. The molecule has 1 heterocycles. The molecule has 0 aromatic heterocycles. The highest BCUT2D eigenvalue weighted by Crippen LogP contribution is 2.10. The number of carboxylic acids is 1. The zero-order valence-corrected chi connectivity index (χ0v) is 8.12. The van der Waals surface area contributed by atoms with Crippen LogP contribution in [0.4, 0.5) is 0 Å². The quantitative estimate of drug-likeness (QED) is 0.656. The number of hydrogen-bond donors (Lipinski definition) is 2. The molecule has 1 unspecified atom stereocenters. The highest BCUT2D eigenvalue weighted by molar-refractivity contribution is 5.73. The van der Waals surface area contributed by atoms with Crippen LogP contribution in [-0.2, 0) is 4.79 Å². The van der Waals surface area contributed by atoms with Crippen LogP contribution in [0.15, 0.2) is 0 Å². The highest BCUT2D eigenvalue weighted by atomic mass is 16.4. The van der Waals surface area contributed by atoms with Crippen molar-refractivity contribution < 1.29 is 9.90 Å². The number of aliphatic carboxylic acids is 1. The van der Waals surface area contributed by atoms with Crippen LogP contribution in [0.5, 0.6) is 0 Å². The molecule has 0 radical (unpaired) electrons. The molecule has 2 N–H and O–H groups in total. The normalized spacial score (nSPS) is 20.4. The molecule has 0 spiro atoms. The van der Waals surface area contributed by atoms with E-state index in [-0.39, 0.29) is 6.04 Å². The van der Waals surface area contributed by atoms with Crippen LogP contribution in [0.1, 0.15) is 26.2 Å². The molecule has 4 nitrogen and oxygen atoms in total. The largest absolute Gasteiger partial charge is 0.480 e. The Kier molecular flexibility index (Phi) is 4.18. The van der Waals surface area contributed by atoms with Gasteiger partial charge < -0.3 is 10.4 Å². The number of nitrogens with zero attached hydrogens (tertiary/aromatic N) is 1. The van der Waals surface area contributed by atoms with Gasteiger partial charge in [0.1, 0.15) is 6.04 Å². The fraction of sp³-hybridized carbons (Fsp3) is 0.889. The maximum atomic E-state index is 10.9. The van der Waals surface area contributed by atoms with Crippen molar-refractivity contribution in [3.8, 4) is 0 Å². The number of carbonyl (C=O) groups is 1. The van der Waals surface area contributed by atoms with E-state index in [1.807, 2.05) is 4.90 Å². The van der Waals surface area contributed by atoms with Crippen molar-refractivity contribution in [2.24, 2.45) is 0 Å². The molecule has 1 aliphatic heterocycles. The van der Waals surface area contributed by atoms with Crippen LogP contribution in [0, 0.1) is 0 Å². The SMILES string of the molecule is CCCCC(C(=O)O)N1CCNC1. The molecule has 1 atom stereocenters. The van der Waals surface area contributed by atoms with Crippen LogP contribution < -0.4 is 5.32 Å². The highest BCUT2D eigenvalue weighted by Gasteiger charge is 2.26. The van der Waals surface area contributed by atoms with E-state index in [0.29, 0.717) is 0 Å². The van der Waals surface area contributed by atoms with Crippen LogP contribution in [0.2, 0.25) is 0 Å². The molecule has 1 rings (SSSR count). The third-order valence-electron chi connectivity index (χ3n) is 2.45. The molecule has 0 bridgehead atoms. The Morgan fingerprint density at radius 1 is 1.69 bits per heavy atom. The Morgan fingerprint density at radius 3 is 2.92 bits per heavy atom. The van der Waals surface area contributed by atoms with Gasteiger partial charge in [0.05, 0.1) is 0 Å². The van der Waals surface area contributed by atoms with Gasteiger partial charge in [-0.2, -0.15) is 0 Å². The zero-order valence-electron chi connectivity index (χ0n) is 8.12. The van der Waals surface area contributed by atoms with Crippen LogP contribution in [0.3, 0.4) is 0 Å². The second-order valence-electron chi connectivity index (χ2n) is 3.47. The molecule has 0 aromatic rings. The average Bonchev–Trinajstić information content (AvgIpc) is 2.57. The standard InChI is InChI=1S/C9H18N2O2/c1-2-3-4-8(9(12)13)11-6-5-10-7-11/h8,10H,2-7H2,1H3,(H,12,13). The molecule has 1 fully saturated rings. The van der Waals surface area contributed by atoms with E-state index in [1.54, 1.807) is 0 Å². The Hall–Kier alpha value is -0.610. The maximum absolute atomic E-state index is 10.9. The Balaban J connectivity index is 2.40. The molecule has 13 heavy (non-hydrogen) atoms. The summed E-state index contributed by atoms with van der Waals surface area (Å²) in [7, 11) is 0. The van der Waals surface area contributed by atoms with Crippen molar-refractivity contribution >= 4 is 5.97 Å². The van der Waals surface area contributed by atoms with Gasteiger partial charge in [-0.05, 0) is 6.42 Å². The van der Waals surface area contributed by atoms with Gasteiger partial charge >= 0.3 is 5.97 Å². The van der Waals surface area contributed by atoms with Gasteiger partial charge in [-0.1, -0.05) is 19.8 Å². The summed E-state index contributed by atoms with van der Waals surface area (Å²) in [5.41, 5.74) is 0. The minimum atomic E-state index is -0.683. The molecular weight excluding hydrogens is 168 g/mol. The minimum absolute atomic E-state index is 0.282. The number of unbranched alkanes of at least 4 members (excludes halogenated alkanes) is 1. The van der Waals surface area contributed by atoms with Crippen LogP contribution >= 0.6 is 0 Å². The minimum Gasteiger partial charge on any atom is -0.480 e. The van der Waals surface area contributed by atoms with E-state index in [0.717, 1.165) is 39.0 Å². The average molecular weight is 186 g/mol. The van der Waals surface area contributed by atoms with Gasteiger partial charge in [-0.15, -0.1) is 0 Å². The summed E-state index contributed by atoms with van der Waals surface area (Å²) in [6, 6.07) is -0.282. The van der Waals surface area contributed by atoms with Crippen LogP contribution in [0.25, 0.3) is 0 Å². The van der Waals surface area contributed by atoms with Gasteiger partial charge in [-0.3, -0.25) is 9.69 Å². The van der Waals surface area contributed by atoms with E-state index < -0.39 is 5.97 Å². The second-order valence-corrected chi connectivity index (χ2v) is 3.47. The summed E-state index contributed by atoms with van der Waals surface area (Å²) in [5.74, 6) is -0.683. The van der Waals surface area contributed by atoms with Gasteiger partial charge in [-0.25, -0.2) is 0 Å². The number of nitrogens with one attached hydrogen (secondary N) is 1. The van der Waals surface area contributed by atoms with Gasteiger partial charge in [0.15, 0.2) is 0 Å². The Bertz CT molecular complexity index is 167. The molecule has 0 aromatic carbocycles. The summed E-state index contributed by atoms with van der Waals surface area (Å²) < 4.78 is 0. The summed E-state index contributed by atoms with van der Waals surface area (Å²) in [4.78, 5) is 12.9. The predicted octanol–water partition coefficient (Wildman–Crippen LogP) is 0.492. The summed E-state index contributed by atoms with van der Waals surface area (Å²) in [6.07, 6.45) is 2.83. The van der Waals surface area contributed by atoms with E-state index in [9.17, 15) is 4.79 Å². The van der Waals surface area contributed by atoms with Crippen molar-refractivity contribution in [3.63, 3.8) is 0 Å². The fourth-order valence-corrected chi connectivity index (χ4v) is 1.65. The monoisotopic (exact) mass is 186 g/mol. The lowest BCUT2D eigenvalue weighted by Gasteiger charge is -2.22. The molecular formula is C9H18N2O2. The van der Waals surface area contributed by atoms with Crippen molar-refractivity contribution in [2.75, 3.05) is 19.8 Å². The van der Waals surface area contributed by atoms with E-state index in [4.69, 9.17) is 5.11 Å². The molecule has 76 valence electrons. The van der Waals surface area contributed by atoms with Crippen molar-refractivity contribution in [1.82, 2.24) is 10.2 Å². The third-order valence-corrected chi connectivity index (χ3v) is 2.45. The van der Waals surface area contributed by atoms with Crippen LogP contribution in [-0.4, -0.2) is 41.8 Å². The zero-order chi connectivity index (χ0) is 9.68. The fourth-order valence-electron chi connectivity index (χ4n) is 1.65. The lowest BCUT2D eigenvalue weighted by Crippen LogP contribution is -2.40. The van der Waals surface area contributed by atoms with E-state index in [1.165, 1.54) is 0 Å². The first-order valence-corrected chi connectivity index (χ1v) is 4.93. The molecule has 1 saturated heterocycles. The number of hydrogen-bond acceptors (Lipinski definition) is 3. The summed E-state index contributed by atoms with van der Waals surface area (Å²) in [6.45, 7) is 4.58. The van der Waals surface area contributed by atoms with Gasteiger partial charge in [0.25, 0.3) is 0 Å². The molecule has 4 heteroatoms. The maximum Gasteiger partial charge on any atom is 0.320 e.